The minimum Gasteiger partial charge on any atom is -0.349 e. The summed E-state index contributed by atoms with van der Waals surface area (Å²) < 4.78 is 12.0. The van der Waals surface area contributed by atoms with Crippen LogP contribution >= 0.6 is 0 Å². The van der Waals surface area contributed by atoms with Crippen LogP contribution in [0.4, 0.5) is 4.39 Å². The lowest BCUT2D eigenvalue weighted by molar-refractivity contribution is -0.123. The van der Waals surface area contributed by atoms with Gasteiger partial charge in [0.1, 0.15) is 12.7 Å². The van der Waals surface area contributed by atoms with Gasteiger partial charge >= 0.3 is 0 Å². The van der Waals surface area contributed by atoms with Crippen LogP contribution in [-0.4, -0.2) is 31.1 Å². The summed E-state index contributed by atoms with van der Waals surface area (Å²) in [6, 6.07) is -0.979. The molecule has 1 rings (SSSR count). The predicted octanol–water partition coefficient (Wildman–Crippen LogP) is -1.04. The van der Waals surface area contributed by atoms with Gasteiger partial charge in [-0.05, 0) is 6.42 Å². The Morgan fingerprint density at radius 1 is 1.82 bits per heavy atom. The molecular weight excluding hydrogens is 151 g/mol. The van der Waals surface area contributed by atoms with E-state index < -0.39 is 18.8 Å². The minimum atomic E-state index is -0.581. The molecule has 11 heavy (non-hydrogen) atoms. The van der Waals surface area contributed by atoms with Crippen molar-refractivity contribution < 1.29 is 14.0 Å². The Labute approximate surface area is 63.1 Å². The zero-order chi connectivity index (χ0) is 8.27. The Morgan fingerprint density at radius 3 is 3.00 bits per heavy atom. The Bertz CT molecular complexity index is 174. The molecule has 2 amide bonds. The van der Waals surface area contributed by atoms with E-state index in [-0.39, 0.29) is 5.91 Å². The maximum absolute atomic E-state index is 12.0. The van der Waals surface area contributed by atoms with Crippen LogP contribution in [0.2, 0.25) is 0 Å². The van der Waals surface area contributed by atoms with Crippen molar-refractivity contribution in [2.24, 2.45) is 0 Å². The third kappa shape index (κ3) is 1.66. The van der Waals surface area contributed by atoms with E-state index in [4.69, 9.17) is 0 Å². The van der Waals surface area contributed by atoms with Gasteiger partial charge in [-0.25, -0.2) is 4.39 Å². The molecule has 0 aliphatic carbocycles. The molecule has 1 aliphatic rings. The summed E-state index contributed by atoms with van der Waals surface area (Å²) in [4.78, 5) is 20.8. The number of carbonyl (C=O) groups is 2. The lowest BCUT2D eigenvalue weighted by Gasteiger charge is -2.02. The van der Waals surface area contributed by atoms with E-state index in [0.29, 0.717) is 12.8 Å². The fourth-order valence-electron chi connectivity index (χ4n) is 1.08. The van der Waals surface area contributed by atoms with E-state index in [1.54, 1.807) is 0 Å². The molecule has 2 unspecified atom stereocenters. The van der Waals surface area contributed by atoms with Crippen molar-refractivity contribution in [3.63, 3.8) is 0 Å². The first-order valence-corrected chi connectivity index (χ1v) is 3.34. The fourth-order valence-corrected chi connectivity index (χ4v) is 1.08. The molecule has 2 atom stereocenters. The van der Waals surface area contributed by atoms with Crippen LogP contribution in [0.3, 0.4) is 0 Å². The summed E-state index contributed by atoms with van der Waals surface area (Å²) >= 11 is 0. The quantitative estimate of drug-likeness (QED) is 0.518. The highest BCUT2D eigenvalue weighted by Crippen LogP contribution is 2.07. The van der Waals surface area contributed by atoms with Crippen molar-refractivity contribution in [1.29, 1.82) is 0 Å². The molecule has 0 bridgehead atoms. The van der Waals surface area contributed by atoms with Crippen LogP contribution in [-0.2, 0) is 9.59 Å². The predicted molar refractivity (Wildman–Crippen MR) is 35.5 cm³/mol. The highest BCUT2D eigenvalue weighted by atomic mass is 19.1. The lowest BCUT2D eigenvalue weighted by Crippen LogP contribution is -2.35. The summed E-state index contributed by atoms with van der Waals surface area (Å²) in [5.41, 5.74) is 0. The van der Waals surface area contributed by atoms with Gasteiger partial charge < -0.3 is 10.6 Å². The first-order valence-electron chi connectivity index (χ1n) is 3.34. The van der Waals surface area contributed by atoms with Crippen molar-refractivity contribution in [3.05, 3.63) is 0 Å². The molecule has 62 valence electrons. The molecule has 2 N–H and O–H groups in total. The summed E-state index contributed by atoms with van der Waals surface area (Å²) in [6.07, 6.45) is 0.791. The Balaban J connectivity index is 2.44. The number of rotatable bonds is 3. The van der Waals surface area contributed by atoms with Gasteiger partial charge in [-0.2, -0.15) is 0 Å². The van der Waals surface area contributed by atoms with E-state index in [2.05, 4.69) is 10.6 Å². The van der Waals surface area contributed by atoms with Gasteiger partial charge in [-0.3, -0.25) is 9.59 Å². The van der Waals surface area contributed by atoms with E-state index >= 15 is 0 Å². The molecule has 4 nitrogen and oxygen atoms in total. The lowest BCUT2D eigenvalue weighted by atomic mass is 10.2. The SMILES string of the molecule is O=CNC1CC(CF)NC1=O. The molecule has 1 saturated heterocycles. The average molecular weight is 160 g/mol. The van der Waals surface area contributed by atoms with Crippen LogP contribution in [0.1, 0.15) is 6.42 Å². The first-order chi connectivity index (χ1) is 5.27. The number of carbonyl (C=O) groups excluding carboxylic acids is 2. The van der Waals surface area contributed by atoms with Crippen LogP contribution in [0, 0.1) is 0 Å². The van der Waals surface area contributed by atoms with Gasteiger partial charge in [-0.1, -0.05) is 0 Å². The summed E-state index contributed by atoms with van der Waals surface area (Å²) in [6.45, 7) is -0.581. The molecule has 0 aromatic heterocycles. The topological polar surface area (TPSA) is 58.2 Å². The number of hydrogen-bond acceptors (Lipinski definition) is 2. The molecule has 0 spiro atoms. The van der Waals surface area contributed by atoms with Gasteiger partial charge in [0.05, 0.1) is 6.04 Å². The molecule has 1 fully saturated rings. The third-order valence-corrected chi connectivity index (χ3v) is 1.64. The second-order valence-electron chi connectivity index (χ2n) is 2.43. The smallest absolute Gasteiger partial charge is 0.242 e. The fraction of sp³-hybridized carbons (Fsp3) is 0.667. The third-order valence-electron chi connectivity index (χ3n) is 1.64. The monoisotopic (exact) mass is 160 g/mol. The summed E-state index contributed by atoms with van der Waals surface area (Å²) in [7, 11) is 0. The zero-order valence-corrected chi connectivity index (χ0v) is 5.84. The van der Waals surface area contributed by atoms with Gasteiger partial charge in [0.2, 0.25) is 12.3 Å². The van der Waals surface area contributed by atoms with Crippen LogP contribution < -0.4 is 10.6 Å². The van der Waals surface area contributed by atoms with Crippen molar-refractivity contribution >= 4 is 12.3 Å². The Kier molecular flexibility index (Phi) is 2.40. The van der Waals surface area contributed by atoms with Crippen molar-refractivity contribution in [1.82, 2.24) is 10.6 Å². The van der Waals surface area contributed by atoms with Crippen molar-refractivity contribution in [2.75, 3.05) is 6.67 Å². The van der Waals surface area contributed by atoms with E-state index in [9.17, 15) is 14.0 Å². The largest absolute Gasteiger partial charge is 0.349 e. The highest BCUT2D eigenvalue weighted by Gasteiger charge is 2.31. The number of hydrogen-bond donors (Lipinski definition) is 2. The van der Waals surface area contributed by atoms with Gasteiger partial charge in [-0.15, -0.1) is 0 Å². The number of alkyl halides is 1. The van der Waals surface area contributed by atoms with Crippen LogP contribution in [0.25, 0.3) is 0 Å². The number of nitrogens with one attached hydrogen (secondary N) is 2. The molecule has 0 saturated carbocycles. The average Bonchev–Trinajstić information content (AvgIpc) is 2.33. The Morgan fingerprint density at radius 2 is 2.55 bits per heavy atom. The van der Waals surface area contributed by atoms with E-state index in [1.165, 1.54) is 0 Å². The Hall–Kier alpha value is -1.13. The highest BCUT2D eigenvalue weighted by molar-refractivity contribution is 5.86. The summed E-state index contributed by atoms with van der Waals surface area (Å²) in [5, 5.41) is 4.70. The first kappa shape index (κ1) is 7.97. The van der Waals surface area contributed by atoms with Gasteiger partial charge in [0.15, 0.2) is 0 Å². The second-order valence-corrected chi connectivity index (χ2v) is 2.43. The molecule has 5 heteroatoms. The van der Waals surface area contributed by atoms with Gasteiger partial charge in [0, 0.05) is 0 Å². The molecule has 0 aromatic rings. The molecule has 1 heterocycles. The molecular formula is C6H9FN2O2. The van der Waals surface area contributed by atoms with Crippen molar-refractivity contribution in [3.8, 4) is 0 Å². The van der Waals surface area contributed by atoms with Crippen LogP contribution in [0.5, 0.6) is 0 Å². The number of amides is 2. The maximum atomic E-state index is 12.0. The standard InChI is InChI=1S/C6H9FN2O2/c7-2-4-1-5(8-3-10)6(11)9-4/h3-5H,1-2H2,(H,8,10)(H,9,11). The molecule has 1 aliphatic heterocycles. The van der Waals surface area contributed by atoms with E-state index in [0.717, 1.165) is 0 Å². The normalized spacial score (nSPS) is 29.7. The molecule has 0 radical (unpaired) electrons. The zero-order valence-electron chi connectivity index (χ0n) is 5.84. The van der Waals surface area contributed by atoms with Crippen molar-refractivity contribution in [2.45, 2.75) is 18.5 Å². The minimum absolute atomic E-state index is 0.306. The summed E-state index contributed by atoms with van der Waals surface area (Å²) in [5.74, 6) is -0.306. The number of halogens is 1. The van der Waals surface area contributed by atoms with Gasteiger partial charge in [0.25, 0.3) is 0 Å². The van der Waals surface area contributed by atoms with Crippen LogP contribution in [0.15, 0.2) is 0 Å². The van der Waals surface area contributed by atoms with E-state index in [1.807, 2.05) is 0 Å². The molecule has 0 aromatic carbocycles. The second kappa shape index (κ2) is 3.32. The maximum Gasteiger partial charge on any atom is 0.242 e.